The number of fused-ring (bicyclic) bond motifs is 1. The van der Waals surface area contributed by atoms with Crippen molar-refractivity contribution in [2.45, 2.75) is 33.4 Å². The number of nitrogens with zero attached hydrogens (tertiary/aromatic N) is 2. The van der Waals surface area contributed by atoms with E-state index in [9.17, 15) is 14.4 Å². The zero-order chi connectivity index (χ0) is 24.1. The Labute approximate surface area is 200 Å². The summed E-state index contributed by atoms with van der Waals surface area (Å²) in [6.45, 7) is 4.50. The second kappa shape index (κ2) is 10.4. The van der Waals surface area contributed by atoms with Crippen molar-refractivity contribution in [3.8, 4) is 0 Å². The summed E-state index contributed by atoms with van der Waals surface area (Å²) in [4.78, 5) is 43.1. The third-order valence-electron chi connectivity index (χ3n) is 5.30. The van der Waals surface area contributed by atoms with E-state index in [0.29, 0.717) is 32.8 Å². The Morgan fingerprint density at radius 3 is 2.41 bits per heavy atom. The molecule has 0 N–H and O–H groups in total. The van der Waals surface area contributed by atoms with Crippen LogP contribution in [0.1, 0.15) is 50.1 Å². The van der Waals surface area contributed by atoms with Crippen molar-refractivity contribution in [2.24, 2.45) is 0 Å². The number of rotatable bonds is 8. The van der Waals surface area contributed by atoms with Crippen LogP contribution in [0.4, 0.5) is 0 Å². The maximum atomic E-state index is 13.2. The number of carbonyl (C=O) groups is 2. The van der Waals surface area contributed by atoms with Gasteiger partial charge in [-0.3, -0.25) is 9.36 Å². The minimum Gasteiger partial charge on any atom is -0.462 e. The summed E-state index contributed by atoms with van der Waals surface area (Å²) in [5, 5.41) is 0.416. The normalized spacial score (nSPS) is 10.9. The summed E-state index contributed by atoms with van der Waals surface area (Å²) in [6, 6.07) is 16.4. The zero-order valence-corrected chi connectivity index (χ0v) is 19.8. The van der Waals surface area contributed by atoms with Crippen LogP contribution < -0.4 is 5.56 Å². The molecule has 0 radical (unpaired) electrons. The van der Waals surface area contributed by atoms with Crippen LogP contribution in [0.15, 0.2) is 65.7 Å². The molecule has 2 heterocycles. The summed E-state index contributed by atoms with van der Waals surface area (Å²) < 4.78 is 12.1. The number of thiophene rings is 1. The third kappa shape index (κ3) is 5.07. The molecule has 0 aliphatic heterocycles. The van der Waals surface area contributed by atoms with Gasteiger partial charge in [-0.05, 0) is 42.2 Å². The van der Waals surface area contributed by atoms with Crippen LogP contribution in [0.5, 0.6) is 0 Å². The number of carbonyl (C=O) groups excluding carboxylic acids is 2. The first-order chi connectivity index (χ1) is 16.5. The second-order valence-corrected chi connectivity index (χ2v) is 8.81. The average Bonchev–Trinajstić information content (AvgIpc) is 3.21. The number of benzene rings is 2. The van der Waals surface area contributed by atoms with Gasteiger partial charge in [0.1, 0.15) is 16.3 Å². The van der Waals surface area contributed by atoms with Crippen LogP contribution in [-0.2, 0) is 22.6 Å². The van der Waals surface area contributed by atoms with Crippen molar-refractivity contribution in [3.05, 3.63) is 98.4 Å². The smallest absolute Gasteiger partial charge is 0.349 e. The van der Waals surface area contributed by atoms with Crippen LogP contribution in [0.25, 0.3) is 10.2 Å². The highest BCUT2D eigenvalue weighted by Crippen LogP contribution is 2.27. The van der Waals surface area contributed by atoms with Gasteiger partial charge < -0.3 is 9.47 Å². The fourth-order valence-corrected chi connectivity index (χ4v) is 4.51. The molecule has 0 bridgehead atoms. The van der Waals surface area contributed by atoms with Gasteiger partial charge in [-0.1, -0.05) is 49.4 Å². The van der Waals surface area contributed by atoms with Crippen LogP contribution in [0, 0.1) is 6.92 Å². The number of ether oxygens (including phenoxy) is 2. The van der Waals surface area contributed by atoms with Gasteiger partial charge in [0.2, 0.25) is 0 Å². The number of aryl methyl sites for hydroxylation is 1. The number of hydrogen-bond donors (Lipinski definition) is 0. The lowest BCUT2D eigenvalue weighted by Crippen LogP contribution is -2.21. The van der Waals surface area contributed by atoms with Gasteiger partial charge in [0.25, 0.3) is 5.56 Å². The predicted octanol–water partition coefficient (Wildman–Crippen LogP) is 4.74. The first-order valence-corrected chi connectivity index (χ1v) is 11.7. The molecule has 2 aromatic heterocycles. The second-order valence-electron chi connectivity index (χ2n) is 7.81. The summed E-state index contributed by atoms with van der Waals surface area (Å²) in [5.41, 5.74) is 2.53. The SMILES string of the molecule is CCCOC(=O)c1ccc(Cn2cnc3sc(C(=O)OCc4ccccc4)c(C)c3c2=O)cc1. The molecular weight excluding hydrogens is 452 g/mol. The van der Waals surface area contributed by atoms with E-state index in [1.807, 2.05) is 37.3 Å². The van der Waals surface area contributed by atoms with Crippen LogP contribution in [0.2, 0.25) is 0 Å². The van der Waals surface area contributed by atoms with Crippen LogP contribution in [-0.4, -0.2) is 28.1 Å². The van der Waals surface area contributed by atoms with Gasteiger partial charge in [-0.2, -0.15) is 0 Å². The topological polar surface area (TPSA) is 87.5 Å². The molecular formula is C26H24N2O5S. The van der Waals surface area contributed by atoms with Gasteiger partial charge >= 0.3 is 11.9 Å². The molecule has 4 aromatic rings. The van der Waals surface area contributed by atoms with E-state index in [1.165, 1.54) is 10.9 Å². The van der Waals surface area contributed by atoms with E-state index in [1.54, 1.807) is 31.2 Å². The van der Waals surface area contributed by atoms with Crippen molar-refractivity contribution in [1.29, 1.82) is 0 Å². The largest absolute Gasteiger partial charge is 0.462 e. The monoisotopic (exact) mass is 476 g/mol. The first kappa shape index (κ1) is 23.4. The van der Waals surface area contributed by atoms with Crippen LogP contribution >= 0.6 is 11.3 Å². The lowest BCUT2D eigenvalue weighted by atomic mass is 10.1. The van der Waals surface area contributed by atoms with E-state index < -0.39 is 5.97 Å². The highest BCUT2D eigenvalue weighted by atomic mass is 32.1. The van der Waals surface area contributed by atoms with E-state index in [-0.39, 0.29) is 24.7 Å². The molecule has 0 spiro atoms. The highest BCUT2D eigenvalue weighted by Gasteiger charge is 2.21. The Balaban J connectivity index is 1.52. The molecule has 2 aromatic carbocycles. The molecule has 0 unspecified atom stereocenters. The number of aromatic nitrogens is 2. The van der Waals surface area contributed by atoms with Gasteiger partial charge in [-0.25, -0.2) is 14.6 Å². The Bertz CT molecular complexity index is 1370. The average molecular weight is 477 g/mol. The molecule has 0 saturated heterocycles. The maximum absolute atomic E-state index is 13.2. The van der Waals surface area contributed by atoms with Gasteiger partial charge in [0.05, 0.1) is 30.4 Å². The molecule has 34 heavy (non-hydrogen) atoms. The third-order valence-corrected chi connectivity index (χ3v) is 6.48. The predicted molar refractivity (Wildman–Crippen MR) is 130 cm³/mol. The van der Waals surface area contributed by atoms with E-state index in [4.69, 9.17) is 9.47 Å². The molecule has 0 aliphatic rings. The quantitative estimate of drug-likeness (QED) is 0.342. The maximum Gasteiger partial charge on any atom is 0.349 e. The molecule has 174 valence electrons. The van der Waals surface area contributed by atoms with Gasteiger partial charge in [0.15, 0.2) is 0 Å². The van der Waals surface area contributed by atoms with E-state index in [0.717, 1.165) is 28.9 Å². The van der Waals surface area contributed by atoms with Crippen molar-refractivity contribution < 1.29 is 19.1 Å². The molecule has 7 nitrogen and oxygen atoms in total. The first-order valence-electron chi connectivity index (χ1n) is 10.9. The molecule has 0 fully saturated rings. The van der Waals surface area contributed by atoms with E-state index >= 15 is 0 Å². The molecule has 0 amide bonds. The number of esters is 2. The minimum atomic E-state index is -0.471. The lowest BCUT2D eigenvalue weighted by Gasteiger charge is -2.07. The van der Waals surface area contributed by atoms with Gasteiger partial charge in [0, 0.05) is 0 Å². The molecule has 4 rings (SSSR count). The fourth-order valence-electron chi connectivity index (χ4n) is 3.48. The summed E-state index contributed by atoms with van der Waals surface area (Å²) in [5.74, 6) is -0.838. The standard InChI is InChI=1S/C26H24N2O5S/c1-3-13-32-25(30)20-11-9-18(10-12-20)14-28-16-27-23-21(24(28)29)17(2)22(34-23)26(31)33-15-19-7-5-4-6-8-19/h4-12,16H,3,13-15H2,1-2H3. The summed E-state index contributed by atoms with van der Waals surface area (Å²) in [6.07, 6.45) is 2.24. The summed E-state index contributed by atoms with van der Waals surface area (Å²) in [7, 11) is 0. The fraction of sp³-hybridized carbons (Fsp3) is 0.231. The van der Waals surface area contributed by atoms with Crippen molar-refractivity contribution in [2.75, 3.05) is 6.61 Å². The molecule has 0 atom stereocenters. The molecule has 8 heteroatoms. The number of hydrogen-bond acceptors (Lipinski definition) is 7. The van der Waals surface area contributed by atoms with Crippen LogP contribution in [0.3, 0.4) is 0 Å². The Hall–Kier alpha value is -3.78. The van der Waals surface area contributed by atoms with Crippen molar-refractivity contribution in [1.82, 2.24) is 9.55 Å². The highest BCUT2D eigenvalue weighted by molar-refractivity contribution is 7.20. The minimum absolute atomic E-state index is 0.160. The molecule has 0 aliphatic carbocycles. The lowest BCUT2D eigenvalue weighted by molar-refractivity contribution is 0.0475. The zero-order valence-electron chi connectivity index (χ0n) is 18.9. The van der Waals surface area contributed by atoms with Crippen molar-refractivity contribution in [3.63, 3.8) is 0 Å². The molecule has 0 saturated carbocycles. The Kier molecular flexibility index (Phi) is 7.18. The summed E-state index contributed by atoms with van der Waals surface area (Å²) >= 11 is 1.16. The van der Waals surface area contributed by atoms with Gasteiger partial charge in [-0.15, -0.1) is 11.3 Å². The Morgan fingerprint density at radius 1 is 0.971 bits per heavy atom. The van der Waals surface area contributed by atoms with E-state index in [2.05, 4.69) is 4.98 Å². The Morgan fingerprint density at radius 2 is 1.71 bits per heavy atom. The van der Waals surface area contributed by atoms with Crippen molar-refractivity contribution >= 4 is 33.5 Å².